The second-order valence-corrected chi connectivity index (χ2v) is 2.74. The summed E-state index contributed by atoms with van der Waals surface area (Å²) in [4.78, 5) is 0. The number of hydrogen-bond donors (Lipinski definition) is 0. The van der Waals surface area contributed by atoms with Gasteiger partial charge in [0.2, 0.25) is 0 Å². The van der Waals surface area contributed by atoms with Gasteiger partial charge in [0.1, 0.15) is 0 Å². The van der Waals surface area contributed by atoms with Crippen LogP contribution in [0.25, 0.3) is 0 Å². The van der Waals surface area contributed by atoms with E-state index >= 15 is 0 Å². The van der Waals surface area contributed by atoms with Gasteiger partial charge in [-0.1, -0.05) is 19.1 Å². The molecule has 0 N–H and O–H groups in total. The molecular weight excluding hydrogens is 96.1 g/mol. The molecule has 2 unspecified atom stereocenters. The summed E-state index contributed by atoms with van der Waals surface area (Å²) in [7, 11) is 0. The van der Waals surface area contributed by atoms with E-state index in [4.69, 9.17) is 0 Å². The van der Waals surface area contributed by atoms with Crippen LogP contribution in [0.3, 0.4) is 0 Å². The molecule has 0 amide bonds. The van der Waals surface area contributed by atoms with Crippen LogP contribution >= 0.6 is 0 Å². The van der Waals surface area contributed by atoms with E-state index in [1.165, 1.54) is 12.8 Å². The zero-order valence-electron chi connectivity index (χ0n) is 5.72. The highest BCUT2D eigenvalue weighted by Crippen LogP contribution is 2.34. The zero-order valence-corrected chi connectivity index (χ0v) is 5.72. The minimum absolute atomic E-state index is 0.917. The third-order valence-corrected chi connectivity index (χ3v) is 2.13. The average Bonchev–Trinajstić information content (AvgIpc) is 1.79. The van der Waals surface area contributed by atoms with Gasteiger partial charge in [0.25, 0.3) is 0 Å². The Hall–Kier alpha value is -0.260. The molecule has 8 heavy (non-hydrogen) atoms. The predicted octanol–water partition coefficient (Wildman–Crippen LogP) is 2.61. The van der Waals surface area contributed by atoms with Gasteiger partial charge in [-0.3, -0.25) is 0 Å². The quantitative estimate of drug-likeness (QED) is 0.455. The lowest BCUT2D eigenvalue weighted by atomic mass is 9.75. The zero-order chi connectivity index (χ0) is 5.98. The Bertz CT molecular complexity index is 92.2. The molecule has 0 saturated heterocycles. The molecule has 46 valence electrons. The summed E-state index contributed by atoms with van der Waals surface area (Å²) >= 11 is 0. The van der Waals surface area contributed by atoms with E-state index in [1.54, 1.807) is 0 Å². The Morgan fingerprint density at radius 3 is 2.25 bits per heavy atom. The maximum absolute atomic E-state index is 2.33. The molecule has 1 saturated carbocycles. The van der Waals surface area contributed by atoms with Crippen molar-refractivity contribution in [1.29, 1.82) is 0 Å². The summed E-state index contributed by atoms with van der Waals surface area (Å²) < 4.78 is 0. The molecule has 1 rings (SSSR count). The van der Waals surface area contributed by atoms with E-state index in [1.807, 2.05) is 0 Å². The fourth-order valence-electron chi connectivity index (χ4n) is 1.23. The Morgan fingerprint density at radius 1 is 1.38 bits per heavy atom. The van der Waals surface area contributed by atoms with Crippen molar-refractivity contribution in [3.05, 3.63) is 12.2 Å². The Morgan fingerprint density at radius 2 is 2.12 bits per heavy atom. The standard InChI is InChI=1S/C8H14/c1-3-4-8-6-5-7(8)2/h3-4,7-8H,5-6H2,1-2H3. The largest absolute Gasteiger partial charge is 0.0914 e. The van der Waals surface area contributed by atoms with Crippen molar-refractivity contribution in [2.24, 2.45) is 11.8 Å². The van der Waals surface area contributed by atoms with Crippen LogP contribution in [-0.4, -0.2) is 0 Å². The number of hydrogen-bond acceptors (Lipinski definition) is 0. The van der Waals surface area contributed by atoms with E-state index < -0.39 is 0 Å². The first-order valence-corrected chi connectivity index (χ1v) is 3.47. The number of rotatable bonds is 1. The van der Waals surface area contributed by atoms with E-state index in [0.717, 1.165) is 11.8 Å². The van der Waals surface area contributed by atoms with Crippen LogP contribution in [0, 0.1) is 11.8 Å². The summed E-state index contributed by atoms with van der Waals surface area (Å²) in [6, 6.07) is 0. The van der Waals surface area contributed by atoms with Gasteiger partial charge in [-0.15, -0.1) is 0 Å². The van der Waals surface area contributed by atoms with Gasteiger partial charge in [-0.05, 0) is 31.6 Å². The third kappa shape index (κ3) is 0.936. The van der Waals surface area contributed by atoms with Crippen molar-refractivity contribution >= 4 is 0 Å². The van der Waals surface area contributed by atoms with Gasteiger partial charge in [0.05, 0.1) is 0 Å². The average molecular weight is 110 g/mol. The highest BCUT2D eigenvalue weighted by atomic mass is 14.3. The van der Waals surface area contributed by atoms with Gasteiger partial charge >= 0.3 is 0 Å². The fraction of sp³-hybridized carbons (Fsp3) is 0.750. The lowest BCUT2D eigenvalue weighted by Crippen LogP contribution is -2.20. The molecule has 2 atom stereocenters. The first kappa shape index (κ1) is 5.87. The van der Waals surface area contributed by atoms with Gasteiger partial charge in [0.15, 0.2) is 0 Å². The van der Waals surface area contributed by atoms with Crippen LogP contribution in [0.5, 0.6) is 0 Å². The fourth-order valence-corrected chi connectivity index (χ4v) is 1.23. The van der Waals surface area contributed by atoms with Crippen LogP contribution in [-0.2, 0) is 0 Å². The summed E-state index contributed by atoms with van der Waals surface area (Å²) in [6.07, 6.45) is 7.36. The minimum atomic E-state index is 0.917. The lowest BCUT2D eigenvalue weighted by molar-refractivity contribution is 0.251. The summed E-state index contributed by atoms with van der Waals surface area (Å²) in [5.41, 5.74) is 0. The first-order chi connectivity index (χ1) is 3.84. The summed E-state index contributed by atoms with van der Waals surface area (Å²) in [5.74, 6) is 1.88. The maximum Gasteiger partial charge on any atom is -0.0208 e. The number of allylic oxidation sites excluding steroid dienone is 2. The van der Waals surface area contributed by atoms with Crippen molar-refractivity contribution in [1.82, 2.24) is 0 Å². The summed E-state index contributed by atoms with van der Waals surface area (Å²) in [5, 5.41) is 0. The van der Waals surface area contributed by atoms with Gasteiger partial charge < -0.3 is 0 Å². The van der Waals surface area contributed by atoms with Crippen LogP contribution in [0.4, 0.5) is 0 Å². The topological polar surface area (TPSA) is 0 Å². The predicted molar refractivity (Wildman–Crippen MR) is 36.7 cm³/mol. The minimum Gasteiger partial charge on any atom is -0.0914 e. The Labute approximate surface area is 51.6 Å². The molecular formula is C8H14. The first-order valence-electron chi connectivity index (χ1n) is 3.47. The SMILES string of the molecule is CC=CC1CCC1C. The van der Waals surface area contributed by atoms with E-state index in [9.17, 15) is 0 Å². The van der Waals surface area contributed by atoms with Crippen LogP contribution in [0.1, 0.15) is 26.7 Å². The van der Waals surface area contributed by atoms with Crippen molar-refractivity contribution in [2.75, 3.05) is 0 Å². The van der Waals surface area contributed by atoms with Gasteiger partial charge in [-0.2, -0.15) is 0 Å². The van der Waals surface area contributed by atoms with E-state index in [-0.39, 0.29) is 0 Å². The molecule has 0 bridgehead atoms. The molecule has 0 heterocycles. The molecule has 0 spiro atoms. The molecule has 0 aromatic carbocycles. The van der Waals surface area contributed by atoms with Crippen molar-refractivity contribution < 1.29 is 0 Å². The normalized spacial score (nSPS) is 37.8. The molecule has 1 fully saturated rings. The smallest absolute Gasteiger partial charge is 0.0208 e. The second-order valence-electron chi connectivity index (χ2n) is 2.74. The van der Waals surface area contributed by atoms with Gasteiger partial charge in [-0.25, -0.2) is 0 Å². The van der Waals surface area contributed by atoms with E-state index in [0.29, 0.717) is 0 Å². The van der Waals surface area contributed by atoms with Crippen molar-refractivity contribution in [3.63, 3.8) is 0 Å². The lowest BCUT2D eigenvalue weighted by Gasteiger charge is -2.30. The molecule has 1 aliphatic carbocycles. The molecule has 0 aliphatic heterocycles. The Kier molecular flexibility index (Phi) is 1.72. The van der Waals surface area contributed by atoms with Gasteiger partial charge in [0, 0.05) is 0 Å². The molecule has 0 aromatic heterocycles. The molecule has 0 aromatic rings. The van der Waals surface area contributed by atoms with Crippen molar-refractivity contribution in [2.45, 2.75) is 26.7 Å². The molecule has 0 radical (unpaired) electrons. The summed E-state index contributed by atoms with van der Waals surface area (Å²) in [6.45, 7) is 4.43. The maximum atomic E-state index is 2.33. The van der Waals surface area contributed by atoms with Crippen LogP contribution in [0.15, 0.2) is 12.2 Å². The Balaban J connectivity index is 2.27. The van der Waals surface area contributed by atoms with E-state index in [2.05, 4.69) is 26.0 Å². The highest BCUT2D eigenvalue weighted by Gasteiger charge is 2.23. The second kappa shape index (κ2) is 2.34. The molecule has 1 aliphatic rings. The van der Waals surface area contributed by atoms with Crippen LogP contribution < -0.4 is 0 Å². The molecule has 0 nitrogen and oxygen atoms in total. The highest BCUT2D eigenvalue weighted by molar-refractivity contribution is 4.93. The van der Waals surface area contributed by atoms with Crippen LogP contribution in [0.2, 0.25) is 0 Å². The van der Waals surface area contributed by atoms with Crippen molar-refractivity contribution in [3.8, 4) is 0 Å². The molecule has 0 heteroatoms. The third-order valence-electron chi connectivity index (χ3n) is 2.13. The monoisotopic (exact) mass is 110 g/mol.